The molecular formula is C10H9BrCl2N2O3. The topological polar surface area (TPSA) is 92.4 Å². The van der Waals surface area contributed by atoms with Crippen molar-refractivity contribution in [3.8, 4) is 0 Å². The van der Waals surface area contributed by atoms with Crippen LogP contribution in [0.4, 0.5) is 5.69 Å². The molecule has 18 heavy (non-hydrogen) atoms. The van der Waals surface area contributed by atoms with E-state index in [-0.39, 0.29) is 15.7 Å². The molecule has 0 bridgehead atoms. The molecule has 0 spiro atoms. The summed E-state index contributed by atoms with van der Waals surface area (Å²) in [6.07, 6.45) is -0.475. The maximum Gasteiger partial charge on any atom is 0.305 e. The standard InChI is InChI=1S/C10H9BrCl2N2O3/c11-4-1-5(12)9(6(13)2-4)15-10(18)7(14)3-8(16)17/h1-2,7H,3,14H2,(H,15,18)(H,16,17). The van der Waals surface area contributed by atoms with Gasteiger partial charge in [0.1, 0.15) is 0 Å². The molecule has 5 nitrogen and oxygen atoms in total. The molecule has 0 fully saturated rings. The third-order valence-corrected chi connectivity index (χ3v) is 3.04. The monoisotopic (exact) mass is 354 g/mol. The number of halogens is 3. The SMILES string of the molecule is NC(CC(=O)O)C(=O)Nc1c(Cl)cc(Br)cc1Cl. The molecule has 0 aromatic heterocycles. The fourth-order valence-electron chi connectivity index (χ4n) is 1.16. The van der Waals surface area contributed by atoms with Gasteiger partial charge in [-0.3, -0.25) is 9.59 Å². The van der Waals surface area contributed by atoms with Crippen LogP contribution in [0.15, 0.2) is 16.6 Å². The highest BCUT2D eigenvalue weighted by Gasteiger charge is 2.19. The minimum Gasteiger partial charge on any atom is -0.481 e. The first-order valence-corrected chi connectivity index (χ1v) is 6.29. The smallest absolute Gasteiger partial charge is 0.305 e. The average molecular weight is 356 g/mol. The lowest BCUT2D eigenvalue weighted by molar-refractivity contribution is -0.138. The van der Waals surface area contributed by atoms with Crippen LogP contribution in [0, 0.1) is 0 Å². The number of nitrogens with one attached hydrogen (secondary N) is 1. The van der Waals surface area contributed by atoms with Gasteiger partial charge in [0.2, 0.25) is 5.91 Å². The van der Waals surface area contributed by atoms with Gasteiger partial charge in [0.15, 0.2) is 0 Å². The molecule has 1 aromatic rings. The molecule has 1 amide bonds. The van der Waals surface area contributed by atoms with E-state index in [1.807, 2.05) is 0 Å². The molecule has 0 aliphatic carbocycles. The number of nitrogens with two attached hydrogens (primary N) is 1. The van der Waals surface area contributed by atoms with Gasteiger partial charge in [-0.05, 0) is 12.1 Å². The van der Waals surface area contributed by atoms with E-state index < -0.39 is 24.3 Å². The van der Waals surface area contributed by atoms with Gasteiger partial charge in [0.25, 0.3) is 0 Å². The number of aliphatic carboxylic acids is 1. The van der Waals surface area contributed by atoms with E-state index in [0.717, 1.165) is 0 Å². The zero-order valence-corrected chi connectivity index (χ0v) is 12.0. The Labute approximate surface area is 121 Å². The van der Waals surface area contributed by atoms with E-state index in [0.29, 0.717) is 4.47 Å². The van der Waals surface area contributed by atoms with Crippen molar-refractivity contribution in [2.45, 2.75) is 12.5 Å². The zero-order chi connectivity index (χ0) is 13.9. The maximum atomic E-state index is 11.6. The average Bonchev–Trinajstić information content (AvgIpc) is 2.21. The van der Waals surface area contributed by atoms with Gasteiger partial charge in [0, 0.05) is 4.47 Å². The van der Waals surface area contributed by atoms with Crippen molar-refractivity contribution < 1.29 is 14.7 Å². The summed E-state index contributed by atoms with van der Waals surface area (Å²) in [6.45, 7) is 0. The van der Waals surface area contributed by atoms with Gasteiger partial charge >= 0.3 is 5.97 Å². The molecule has 1 unspecified atom stereocenters. The minimum absolute atomic E-state index is 0.201. The van der Waals surface area contributed by atoms with Gasteiger partial charge in [-0.1, -0.05) is 39.1 Å². The summed E-state index contributed by atoms with van der Waals surface area (Å²) in [6, 6.07) is 1.93. The van der Waals surface area contributed by atoms with Gasteiger partial charge in [-0.15, -0.1) is 0 Å². The first-order valence-electron chi connectivity index (χ1n) is 4.74. The molecule has 0 saturated carbocycles. The van der Waals surface area contributed by atoms with Crippen LogP contribution in [0.25, 0.3) is 0 Å². The number of carboxylic acids is 1. The molecular weight excluding hydrogens is 347 g/mol. The summed E-state index contributed by atoms with van der Waals surface area (Å²) in [5.41, 5.74) is 5.61. The summed E-state index contributed by atoms with van der Waals surface area (Å²) in [7, 11) is 0. The van der Waals surface area contributed by atoms with Gasteiger partial charge < -0.3 is 16.2 Å². The van der Waals surface area contributed by atoms with Crippen LogP contribution in [0.2, 0.25) is 10.0 Å². The molecule has 4 N–H and O–H groups in total. The molecule has 8 heteroatoms. The number of carboxylic acid groups (broad SMARTS) is 1. The highest BCUT2D eigenvalue weighted by Crippen LogP contribution is 2.33. The second kappa shape index (κ2) is 6.38. The Morgan fingerprint density at radius 2 is 1.89 bits per heavy atom. The molecule has 1 atom stereocenters. The van der Waals surface area contributed by atoms with Crippen molar-refractivity contribution in [2.24, 2.45) is 5.73 Å². The molecule has 0 heterocycles. The summed E-state index contributed by atoms with van der Waals surface area (Å²) >= 11 is 15.0. The summed E-state index contributed by atoms with van der Waals surface area (Å²) in [4.78, 5) is 22.0. The highest BCUT2D eigenvalue weighted by molar-refractivity contribution is 9.10. The highest BCUT2D eigenvalue weighted by atomic mass is 79.9. The number of hydrogen-bond donors (Lipinski definition) is 3. The normalized spacial score (nSPS) is 12.0. The van der Waals surface area contributed by atoms with Crippen molar-refractivity contribution in [1.82, 2.24) is 0 Å². The van der Waals surface area contributed by atoms with E-state index in [4.69, 9.17) is 34.0 Å². The Kier molecular flexibility index (Phi) is 5.40. The van der Waals surface area contributed by atoms with E-state index in [9.17, 15) is 9.59 Å². The van der Waals surface area contributed by atoms with E-state index >= 15 is 0 Å². The Bertz CT molecular complexity index is 473. The van der Waals surface area contributed by atoms with Crippen molar-refractivity contribution in [3.05, 3.63) is 26.7 Å². The quantitative estimate of drug-likeness (QED) is 0.773. The Balaban J connectivity index is 2.85. The van der Waals surface area contributed by atoms with Crippen LogP contribution in [-0.4, -0.2) is 23.0 Å². The van der Waals surface area contributed by atoms with Crippen molar-refractivity contribution >= 4 is 56.7 Å². The third kappa shape index (κ3) is 4.13. The summed E-state index contributed by atoms with van der Waals surface area (Å²) < 4.78 is 0.658. The molecule has 0 aliphatic heterocycles. The van der Waals surface area contributed by atoms with Crippen LogP contribution < -0.4 is 11.1 Å². The number of carbonyl (C=O) groups is 2. The van der Waals surface area contributed by atoms with Gasteiger partial charge in [-0.2, -0.15) is 0 Å². The molecule has 0 aliphatic rings. The second-order valence-electron chi connectivity index (χ2n) is 3.44. The predicted octanol–water partition coefficient (Wildman–Crippen LogP) is 2.50. The lowest BCUT2D eigenvalue weighted by Crippen LogP contribution is -2.37. The lowest BCUT2D eigenvalue weighted by Gasteiger charge is -2.13. The number of amides is 1. The lowest BCUT2D eigenvalue weighted by atomic mass is 10.2. The third-order valence-electron chi connectivity index (χ3n) is 1.99. The fraction of sp³-hybridized carbons (Fsp3) is 0.200. The first kappa shape index (κ1) is 15.2. The van der Waals surface area contributed by atoms with Crippen molar-refractivity contribution in [3.63, 3.8) is 0 Å². The van der Waals surface area contributed by atoms with Crippen LogP contribution in [-0.2, 0) is 9.59 Å². The number of anilines is 1. The Morgan fingerprint density at radius 3 is 2.33 bits per heavy atom. The Morgan fingerprint density at radius 1 is 1.39 bits per heavy atom. The van der Waals surface area contributed by atoms with Crippen LogP contribution >= 0.6 is 39.1 Å². The number of benzene rings is 1. The van der Waals surface area contributed by atoms with Crippen molar-refractivity contribution in [1.29, 1.82) is 0 Å². The maximum absolute atomic E-state index is 11.6. The van der Waals surface area contributed by atoms with Crippen LogP contribution in [0.1, 0.15) is 6.42 Å². The summed E-state index contributed by atoms with van der Waals surface area (Å²) in [5.74, 6) is -1.82. The number of carbonyl (C=O) groups excluding carboxylic acids is 1. The van der Waals surface area contributed by atoms with Crippen molar-refractivity contribution in [2.75, 3.05) is 5.32 Å². The first-order chi connectivity index (χ1) is 8.31. The number of rotatable bonds is 4. The largest absolute Gasteiger partial charge is 0.481 e. The van der Waals surface area contributed by atoms with Gasteiger partial charge in [-0.25, -0.2) is 0 Å². The minimum atomic E-state index is -1.17. The fourth-order valence-corrected chi connectivity index (χ4v) is 2.46. The second-order valence-corrected chi connectivity index (χ2v) is 5.17. The van der Waals surface area contributed by atoms with E-state index in [2.05, 4.69) is 21.2 Å². The molecule has 1 rings (SSSR count). The summed E-state index contributed by atoms with van der Waals surface area (Å²) in [5, 5.41) is 11.4. The van der Waals surface area contributed by atoms with Crippen LogP contribution in [0.5, 0.6) is 0 Å². The van der Waals surface area contributed by atoms with Gasteiger partial charge in [0.05, 0.1) is 28.2 Å². The molecule has 0 radical (unpaired) electrons. The van der Waals surface area contributed by atoms with E-state index in [1.54, 1.807) is 12.1 Å². The van der Waals surface area contributed by atoms with Crippen LogP contribution in [0.3, 0.4) is 0 Å². The number of hydrogen-bond acceptors (Lipinski definition) is 3. The predicted molar refractivity (Wildman–Crippen MR) is 73.0 cm³/mol. The molecule has 0 saturated heterocycles. The Hall–Kier alpha value is -0.820. The zero-order valence-electron chi connectivity index (χ0n) is 8.91. The van der Waals surface area contributed by atoms with E-state index in [1.165, 1.54) is 0 Å². The molecule has 1 aromatic carbocycles. The molecule has 98 valence electrons.